The van der Waals surface area contributed by atoms with E-state index in [1.165, 1.54) is 28.0 Å². The number of rotatable bonds is 8. The topological polar surface area (TPSA) is 131 Å². The number of halogens is 1. The van der Waals surface area contributed by atoms with Gasteiger partial charge in [-0.05, 0) is 88.9 Å². The number of nitrogens with zero attached hydrogens (tertiary/aromatic N) is 3. The van der Waals surface area contributed by atoms with Gasteiger partial charge in [0.15, 0.2) is 16.3 Å². The van der Waals surface area contributed by atoms with Gasteiger partial charge in [0.2, 0.25) is 6.79 Å². The lowest BCUT2D eigenvalue weighted by Gasteiger charge is -2.24. The number of hydrogen-bond acceptors (Lipinski definition) is 10. The van der Waals surface area contributed by atoms with Crippen molar-refractivity contribution in [3.05, 3.63) is 123 Å². The SMILES string of the molecule is CCOC(=O)C1=C(C)N=c2s/c(=C\c3ccc(OCc4ccc([N+](=O)[O-])cc4)c(Br)c3)c(=O)n2[C@H]1c1ccc2c(c1)OCO2. The Morgan fingerprint density at radius 3 is 2.66 bits per heavy atom. The molecule has 0 unspecified atom stereocenters. The standard InChI is InChI=1S/C31H24BrN3O8S/c1-3-40-30(37)27-17(2)33-31-34(28(27)20-7-11-24-25(14-20)43-16-42-24)29(36)26(44-31)13-19-6-10-23(22(32)12-19)41-15-18-4-8-21(9-5-18)35(38)39/h4-14,28H,3,15-16H2,1-2H3/b26-13-/t28-/m0/s1. The summed E-state index contributed by atoms with van der Waals surface area (Å²) in [6, 6.07) is 16.1. The van der Waals surface area contributed by atoms with Crippen molar-refractivity contribution in [2.24, 2.45) is 4.99 Å². The molecular weight excluding hydrogens is 654 g/mol. The van der Waals surface area contributed by atoms with Crippen LogP contribution in [0.1, 0.15) is 36.6 Å². The summed E-state index contributed by atoms with van der Waals surface area (Å²) in [6.45, 7) is 3.95. The van der Waals surface area contributed by atoms with Crippen molar-refractivity contribution in [1.82, 2.24) is 4.57 Å². The molecule has 0 fully saturated rings. The van der Waals surface area contributed by atoms with Gasteiger partial charge in [-0.3, -0.25) is 19.5 Å². The van der Waals surface area contributed by atoms with E-state index in [9.17, 15) is 19.7 Å². The molecule has 3 heterocycles. The minimum absolute atomic E-state index is 0.0130. The highest BCUT2D eigenvalue weighted by molar-refractivity contribution is 9.10. The molecule has 1 aromatic heterocycles. The van der Waals surface area contributed by atoms with E-state index in [0.29, 0.717) is 42.3 Å². The number of benzene rings is 3. The predicted molar refractivity (Wildman–Crippen MR) is 165 cm³/mol. The Labute approximate surface area is 262 Å². The Hall–Kier alpha value is -4.75. The van der Waals surface area contributed by atoms with Crippen molar-refractivity contribution in [1.29, 1.82) is 0 Å². The van der Waals surface area contributed by atoms with E-state index >= 15 is 0 Å². The van der Waals surface area contributed by atoms with Gasteiger partial charge in [-0.1, -0.05) is 23.5 Å². The van der Waals surface area contributed by atoms with Crippen LogP contribution in [-0.4, -0.2) is 28.9 Å². The Kier molecular flexibility index (Phi) is 8.06. The molecular formula is C31H24BrN3O8S. The number of ether oxygens (including phenoxy) is 4. The van der Waals surface area contributed by atoms with Crippen LogP contribution in [0, 0.1) is 10.1 Å². The van der Waals surface area contributed by atoms with Crippen LogP contribution in [0.5, 0.6) is 17.2 Å². The van der Waals surface area contributed by atoms with Crippen molar-refractivity contribution in [3.8, 4) is 17.2 Å². The van der Waals surface area contributed by atoms with Gasteiger partial charge in [0, 0.05) is 12.1 Å². The first kappa shape index (κ1) is 29.3. The van der Waals surface area contributed by atoms with Gasteiger partial charge in [0.1, 0.15) is 12.4 Å². The number of carbonyl (C=O) groups excluding carboxylic acids is 1. The van der Waals surface area contributed by atoms with Crippen molar-refractivity contribution in [3.63, 3.8) is 0 Å². The molecule has 4 aromatic rings. The van der Waals surface area contributed by atoms with Crippen LogP contribution >= 0.6 is 27.3 Å². The summed E-state index contributed by atoms with van der Waals surface area (Å²) in [6.07, 6.45) is 1.76. The Morgan fingerprint density at radius 1 is 1.16 bits per heavy atom. The number of esters is 1. The average molecular weight is 679 g/mol. The molecule has 2 aliphatic rings. The lowest BCUT2D eigenvalue weighted by Crippen LogP contribution is -2.39. The van der Waals surface area contributed by atoms with E-state index in [2.05, 4.69) is 20.9 Å². The van der Waals surface area contributed by atoms with E-state index in [-0.39, 0.29) is 36.8 Å². The summed E-state index contributed by atoms with van der Waals surface area (Å²) < 4.78 is 24.9. The van der Waals surface area contributed by atoms with Crippen molar-refractivity contribution in [2.75, 3.05) is 13.4 Å². The van der Waals surface area contributed by atoms with Gasteiger partial charge >= 0.3 is 5.97 Å². The van der Waals surface area contributed by atoms with E-state index in [1.54, 1.807) is 56.3 Å². The van der Waals surface area contributed by atoms with Crippen LogP contribution in [0.2, 0.25) is 0 Å². The van der Waals surface area contributed by atoms with Gasteiger partial charge in [0.25, 0.3) is 11.2 Å². The minimum Gasteiger partial charge on any atom is -0.488 e. The Morgan fingerprint density at radius 2 is 1.93 bits per heavy atom. The number of nitro benzene ring substituents is 1. The van der Waals surface area contributed by atoms with Crippen LogP contribution in [0.25, 0.3) is 6.08 Å². The summed E-state index contributed by atoms with van der Waals surface area (Å²) in [5.74, 6) is 1.15. The number of aromatic nitrogens is 1. The lowest BCUT2D eigenvalue weighted by atomic mass is 9.95. The highest BCUT2D eigenvalue weighted by atomic mass is 79.9. The molecule has 0 N–H and O–H groups in total. The number of carbonyl (C=O) groups is 1. The maximum Gasteiger partial charge on any atom is 0.338 e. The van der Waals surface area contributed by atoms with E-state index in [0.717, 1.165) is 11.1 Å². The van der Waals surface area contributed by atoms with Crippen LogP contribution in [0.3, 0.4) is 0 Å². The molecule has 6 rings (SSSR count). The summed E-state index contributed by atoms with van der Waals surface area (Å²) in [5, 5.41) is 10.9. The molecule has 0 amide bonds. The summed E-state index contributed by atoms with van der Waals surface area (Å²) in [5.41, 5.74) is 2.64. The van der Waals surface area contributed by atoms with Crippen LogP contribution < -0.4 is 29.1 Å². The maximum absolute atomic E-state index is 13.9. The summed E-state index contributed by atoms with van der Waals surface area (Å²) >= 11 is 4.76. The first-order chi connectivity index (χ1) is 21.2. The molecule has 44 heavy (non-hydrogen) atoms. The molecule has 224 valence electrons. The average Bonchev–Trinajstić information content (AvgIpc) is 3.59. The molecule has 0 radical (unpaired) electrons. The molecule has 13 heteroatoms. The Bertz CT molecular complexity index is 2020. The quantitative estimate of drug-likeness (QED) is 0.148. The molecule has 1 atom stereocenters. The van der Waals surface area contributed by atoms with Gasteiger partial charge in [-0.15, -0.1) is 0 Å². The summed E-state index contributed by atoms with van der Waals surface area (Å²) in [7, 11) is 0. The highest BCUT2D eigenvalue weighted by Crippen LogP contribution is 2.38. The highest BCUT2D eigenvalue weighted by Gasteiger charge is 2.34. The van der Waals surface area contributed by atoms with Crippen LogP contribution in [-0.2, 0) is 16.1 Å². The van der Waals surface area contributed by atoms with E-state index in [4.69, 9.17) is 18.9 Å². The molecule has 3 aromatic carbocycles. The zero-order valence-corrected chi connectivity index (χ0v) is 25.8. The van der Waals surface area contributed by atoms with E-state index in [1.807, 2.05) is 12.1 Å². The number of thiazole rings is 1. The van der Waals surface area contributed by atoms with Gasteiger partial charge < -0.3 is 18.9 Å². The number of allylic oxidation sites excluding steroid dienone is 1. The molecule has 2 aliphatic heterocycles. The zero-order valence-electron chi connectivity index (χ0n) is 23.4. The van der Waals surface area contributed by atoms with Crippen molar-refractivity contribution < 1.29 is 28.7 Å². The largest absolute Gasteiger partial charge is 0.488 e. The second-order valence-electron chi connectivity index (χ2n) is 9.82. The fourth-order valence-corrected chi connectivity index (χ4v) is 6.50. The van der Waals surface area contributed by atoms with Crippen LogP contribution in [0.15, 0.2) is 86.2 Å². The predicted octanol–water partition coefficient (Wildman–Crippen LogP) is 4.78. The smallest absolute Gasteiger partial charge is 0.338 e. The summed E-state index contributed by atoms with van der Waals surface area (Å²) in [4.78, 5) is 42.6. The number of nitro groups is 1. The molecule has 11 nitrogen and oxygen atoms in total. The zero-order chi connectivity index (χ0) is 31.0. The third-order valence-corrected chi connectivity index (χ3v) is 8.63. The monoisotopic (exact) mass is 677 g/mol. The molecule has 0 saturated heterocycles. The minimum atomic E-state index is -0.774. The second kappa shape index (κ2) is 12.1. The molecule has 0 aliphatic carbocycles. The molecule has 0 saturated carbocycles. The second-order valence-corrected chi connectivity index (χ2v) is 11.7. The van der Waals surface area contributed by atoms with E-state index < -0.39 is 16.9 Å². The molecule has 0 bridgehead atoms. The fraction of sp³-hybridized carbons (Fsp3) is 0.194. The van der Waals surface area contributed by atoms with Gasteiger partial charge in [0.05, 0.1) is 37.8 Å². The van der Waals surface area contributed by atoms with Gasteiger partial charge in [-0.25, -0.2) is 9.79 Å². The number of non-ortho nitro benzene ring substituents is 1. The normalized spacial score (nSPS) is 15.5. The fourth-order valence-electron chi connectivity index (χ4n) is 4.94. The maximum atomic E-state index is 13.9. The third kappa shape index (κ3) is 5.63. The first-order valence-electron chi connectivity index (χ1n) is 13.5. The third-order valence-electron chi connectivity index (χ3n) is 7.02. The van der Waals surface area contributed by atoms with Crippen LogP contribution in [0.4, 0.5) is 5.69 Å². The number of fused-ring (bicyclic) bond motifs is 2. The van der Waals surface area contributed by atoms with Crippen molar-refractivity contribution in [2.45, 2.75) is 26.5 Å². The Balaban J connectivity index is 1.33. The lowest BCUT2D eigenvalue weighted by molar-refractivity contribution is -0.384. The van der Waals surface area contributed by atoms with Crippen molar-refractivity contribution >= 4 is 45.0 Å². The first-order valence-corrected chi connectivity index (χ1v) is 15.1. The van der Waals surface area contributed by atoms with Gasteiger partial charge in [-0.2, -0.15) is 0 Å². The number of hydrogen-bond donors (Lipinski definition) is 0. The molecule has 0 spiro atoms.